The molecule has 0 heterocycles. The quantitative estimate of drug-likeness (QED) is 0.558. The molecule has 0 N–H and O–H groups in total. The van der Waals surface area contributed by atoms with Crippen LogP contribution in [0.25, 0.3) is 6.08 Å². The number of fused-ring (bicyclic) bond motifs is 1. The van der Waals surface area contributed by atoms with Crippen LogP contribution in [0.4, 0.5) is 0 Å². The van der Waals surface area contributed by atoms with Crippen LogP contribution < -0.4 is 0 Å². The number of hydrogen-bond acceptors (Lipinski definition) is 0. The number of aryl methyl sites for hydroxylation is 1. The lowest BCUT2D eigenvalue weighted by molar-refractivity contribution is 0.725. The highest BCUT2D eigenvalue weighted by Crippen LogP contribution is 2.21. The molecule has 0 radical (unpaired) electrons. The van der Waals surface area contributed by atoms with Crippen molar-refractivity contribution in [1.82, 2.24) is 0 Å². The lowest BCUT2D eigenvalue weighted by Gasteiger charge is -2.11. The Balaban J connectivity index is 2.41. The molecule has 0 amide bonds. The van der Waals surface area contributed by atoms with Crippen molar-refractivity contribution in [2.75, 3.05) is 0 Å². The summed E-state index contributed by atoms with van der Waals surface area (Å²) in [6.45, 7) is 2.24. The van der Waals surface area contributed by atoms with Crippen molar-refractivity contribution in [3.05, 3.63) is 41.0 Å². The van der Waals surface area contributed by atoms with Gasteiger partial charge in [-0.25, -0.2) is 0 Å². The molecular formula is C13H16. The highest BCUT2D eigenvalue weighted by molar-refractivity contribution is 5.56. The van der Waals surface area contributed by atoms with Gasteiger partial charge in [-0.05, 0) is 43.7 Å². The number of rotatable bonds is 0. The summed E-state index contributed by atoms with van der Waals surface area (Å²) in [5.74, 6) is 0. The predicted octanol–water partition coefficient (Wildman–Crippen LogP) is 3.82. The van der Waals surface area contributed by atoms with Crippen LogP contribution in [0.1, 0.15) is 37.3 Å². The van der Waals surface area contributed by atoms with E-state index in [9.17, 15) is 0 Å². The lowest BCUT2D eigenvalue weighted by Crippen LogP contribution is -1.94. The van der Waals surface area contributed by atoms with Crippen molar-refractivity contribution in [2.24, 2.45) is 0 Å². The van der Waals surface area contributed by atoms with E-state index in [1.54, 1.807) is 0 Å². The highest BCUT2D eigenvalue weighted by Gasteiger charge is 2.03. The first-order valence-electron chi connectivity index (χ1n) is 5.11. The van der Waals surface area contributed by atoms with Crippen molar-refractivity contribution >= 4 is 6.08 Å². The van der Waals surface area contributed by atoms with Crippen LogP contribution in [-0.4, -0.2) is 0 Å². The van der Waals surface area contributed by atoms with Crippen molar-refractivity contribution in [3.8, 4) is 0 Å². The van der Waals surface area contributed by atoms with Gasteiger partial charge in [-0.2, -0.15) is 0 Å². The molecule has 0 fully saturated rings. The largest absolute Gasteiger partial charge is 0.0727 e. The SMILES string of the molecule is C/C1=C\c2ccccc2CCCC1. The van der Waals surface area contributed by atoms with E-state index >= 15 is 0 Å². The molecule has 0 aliphatic heterocycles. The summed E-state index contributed by atoms with van der Waals surface area (Å²) in [6, 6.07) is 8.75. The first-order chi connectivity index (χ1) is 6.36. The Bertz CT molecular complexity index is 321. The minimum absolute atomic E-state index is 1.25. The third-order valence-electron chi connectivity index (χ3n) is 2.72. The summed E-state index contributed by atoms with van der Waals surface area (Å²) in [6.07, 6.45) is 7.54. The zero-order valence-corrected chi connectivity index (χ0v) is 8.22. The number of hydrogen-bond donors (Lipinski definition) is 0. The molecule has 0 aromatic heterocycles. The molecule has 0 heteroatoms. The highest BCUT2D eigenvalue weighted by atomic mass is 14.1. The predicted molar refractivity (Wildman–Crippen MR) is 57.6 cm³/mol. The summed E-state index contributed by atoms with van der Waals surface area (Å²) in [7, 11) is 0. The van der Waals surface area contributed by atoms with E-state index in [2.05, 4.69) is 37.3 Å². The van der Waals surface area contributed by atoms with Gasteiger partial charge in [-0.3, -0.25) is 0 Å². The summed E-state index contributed by atoms with van der Waals surface area (Å²) >= 11 is 0. The van der Waals surface area contributed by atoms with E-state index in [0.717, 1.165) is 0 Å². The van der Waals surface area contributed by atoms with E-state index in [-0.39, 0.29) is 0 Å². The second-order valence-electron chi connectivity index (χ2n) is 3.90. The van der Waals surface area contributed by atoms with Gasteiger partial charge in [0.2, 0.25) is 0 Å². The molecule has 2 rings (SSSR count). The maximum atomic E-state index is 2.34. The molecule has 1 aromatic carbocycles. The molecule has 13 heavy (non-hydrogen) atoms. The Morgan fingerprint density at radius 1 is 1.00 bits per heavy atom. The average Bonchev–Trinajstić information content (AvgIpc) is 2.11. The van der Waals surface area contributed by atoms with Crippen LogP contribution in [0.5, 0.6) is 0 Å². The van der Waals surface area contributed by atoms with Crippen molar-refractivity contribution < 1.29 is 0 Å². The number of allylic oxidation sites excluding steroid dienone is 1. The van der Waals surface area contributed by atoms with E-state index in [1.807, 2.05) is 0 Å². The van der Waals surface area contributed by atoms with Gasteiger partial charge in [-0.1, -0.05) is 35.9 Å². The minimum Gasteiger partial charge on any atom is -0.0727 e. The minimum atomic E-state index is 1.25. The molecule has 0 bridgehead atoms. The van der Waals surface area contributed by atoms with E-state index in [0.29, 0.717) is 0 Å². The molecule has 0 unspecified atom stereocenters. The Labute approximate surface area is 80.3 Å². The van der Waals surface area contributed by atoms with Crippen LogP contribution in [-0.2, 0) is 6.42 Å². The number of benzene rings is 1. The molecule has 0 spiro atoms. The molecule has 0 nitrogen and oxygen atoms in total. The standard InChI is InChI=1S/C13H16/c1-11-6-2-3-7-12-8-4-5-9-13(12)10-11/h4-5,8-10H,2-3,6-7H2,1H3/b11-10+. The van der Waals surface area contributed by atoms with Gasteiger partial charge in [-0.15, -0.1) is 0 Å². The smallest absolute Gasteiger partial charge is 0.0225 e. The zero-order chi connectivity index (χ0) is 9.10. The average molecular weight is 172 g/mol. The second kappa shape index (κ2) is 3.78. The third kappa shape index (κ3) is 2.00. The first-order valence-corrected chi connectivity index (χ1v) is 5.11. The maximum absolute atomic E-state index is 2.34. The lowest BCUT2D eigenvalue weighted by atomic mass is 9.95. The van der Waals surface area contributed by atoms with Crippen molar-refractivity contribution in [2.45, 2.75) is 32.6 Å². The second-order valence-corrected chi connectivity index (χ2v) is 3.90. The van der Waals surface area contributed by atoms with Crippen LogP contribution in [0.15, 0.2) is 29.8 Å². The molecule has 1 aliphatic rings. The van der Waals surface area contributed by atoms with Gasteiger partial charge < -0.3 is 0 Å². The molecule has 0 atom stereocenters. The fourth-order valence-corrected chi connectivity index (χ4v) is 1.96. The van der Waals surface area contributed by atoms with Gasteiger partial charge in [0.15, 0.2) is 0 Å². The molecule has 0 saturated heterocycles. The summed E-state index contributed by atoms with van der Waals surface area (Å²) in [5.41, 5.74) is 4.47. The zero-order valence-electron chi connectivity index (χ0n) is 8.22. The monoisotopic (exact) mass is 172 g/mol. The fourth-order valence-electron chi connectivity index (χ4n) is 1.96. The summed E-state index contributed by atoms with van der Waals surface area (Å²) < 4.78 is 0. The Hall–Kier alpha value is -1.04. The molecule has 1 aliphatic carbocycles. The van der Waals surface area contributed by atoms with E-state index < -0.39 is 0 Å². The van der Waals surface area contributed by atoms with Gasteiger partial charge >= 0.3 is 0 Å². The molecule has 0 saturated carbocycles. The normalized spacial score (nSPS) is 20.8. The van der Waals surface area contributed by atoms with Crippen LogP contribution >= 0.6 is 0 Å². The van der Waals surface area contributed by atoms with E-state index in [1.165, 1.54) is 42.4 Å². The maximum Gasteiger partial charge on any atom is -0.0225 e. The van der Waals surface area contributed by atoms with Crippen molar-refractivity contribution in [3.63, 3.8) is 0 Å². The molecule has 68 valence electrons. The van der Waals surface area contributed by atoms with Crippen LogP contribution in [0.3, 0.4) is 0 Å². The van der Waals surface area contributed by atoms with Gasteiger partial charge in [0.1, 0.15) is 0 Å². The van der Waals surface area contributed by atoms with Gasteiger partial charge in [0.05, 0.1) is 0 Å². The topological polar surface area (TPSA) is 0 Å². The van der Waals surface area contributed by atoms with Crippen molar-refractivity contribution in [1.29, 1.82) is 0 Å². The summed E-state index contributed by atoms with van der Waals surface area (Å²) in [5, 5.41) is 0. The summed E-state index contributed by atoms with van der Waals surface area (Å²) in [4.78, 5) is 0. The van der Waals surface area contributed by atoms with Gasteiger partial charge in [0.25, 0.3) is 0 Å². The fraction of sp³-hybridized carbons (Fsp3) is 0.385. The molecule has 1 aromatic rings. The Morgan fingerprint density at radius 3 is 2.69 bits per heavy atom. The Kier molecular flexibility index (Phi) is 2.49. The van der Waals surface area contributed by atoms with Gasteiger partial charge in [0, 0.05) is 0 Å². The van der Waals surface area contributed by atoms with Crippen LogP contribution in [0, 0.1) is 0 Å². The Morgan fingerprint density at radius 2 is 1.77 bits per heavy atom. The van der Waals surface area contributed by atoms with Crippen LogP contribution in [0.2, 0.25) is 0 Å². The first kappa shape index (κ1) is 8.55. The third-order valence-corrected chi connectivity index (χ3v) is 2.72. The molecular weight excluding hydrogens is 156 g/mol. The van der Waals surface area contributed by atoms with E-state index in [4.69, 9.17) is 0 Å².